The van der Waals surface area contributed by atoms with Crippen LogP contribution in [-0.4, -0.2) is 76.0 Å². The van der Waals surface area contributed by atoms with Crippen molar-refractivity contribution in [2.24, 2.45) is 15.0 Å². The normalized spacial score (nSPS) is 21.5. The summed E-state index contributed by atoms with van der Waals surface area (Å²) < 4.78 is 18.7. The second-order valence-electron chi connectivity index (χ2n) is 16.5. The first kappa shape index (κ1) is 34.4. The van der Waals surface area contributed by atoms with E-state index in [1.807, 2.05) is 84.0 Å². The molecule has 0 saturated carbocycles. The summed E-state index contributed by atoms with van der Waals surface area (Å²) in [7, 11) is 0. The van der Waals surface area contributed by atoms with Crippen molar-refractivity contribution in [1.82, 2.24) is 24.9 Å². The molecule has 0 bridgehead atoms. The van der Waals surface area contributed by atoms with Gasteiger partial charge in [-0.25, -0.2) is 24.9 Å². The lowest BCUT2D eigenvalue weighted by Gasteiger charge is -2.30. The Hall–Kier alpha value is -5.06. The van der Waals surface area contributed by atoms with Crippen molar-refractivity contribution >= 4 is 17.7 Å². The summed E-state index contributed by atoms with van der Waals surface area (Å²) in [5.74, 6) is 2.15. The molecule has 0 spiro atoms. The molecule has 0 aliphatic carbocycles. The van der Waals surface area contributed by atoms with Crippen molar-refractivity contribution in [1.29, 1.82) is 0 Å². The zero-order valence-corrected chi connectivity index (χ0v) is 31.6. The minimum atomic E-state index is -0.440. The van der Waals surface area contributed by atoms with Crippen LogP contribution in [0.2, 0.25) is 0 Å². The fraction of sp³-hybridized carbons (Fsp3) is 0.450. The molecule has 11 heteroatoms. The molecule has 264 valence electrons. The van der Waals surface area contributed by atoms with Crippen LogP contribution in [0.5, 0.6) is 0 Å². The Balaban J connectivity index is 1.25. The summed E-state index contributed by atoms with van der Waals surface area (Å²) in [5.41, 5.74) is 3.11. The van der Waals surface area contributed by atoms with Gasteiger partial charge in [0.05, 0.1) is 56.1 Å². The molecule has 51 heavy (non-hydrogen) atoms. The molecule has 0 fully saturated rings. The molecule has 4 aromatic rings. The van der Waals surface area contributed by atoms with Crippen molar-refractivity contribution in [3.05, 3.63) is 77.7 Å². The summed E-state index contributed by atoms with van der Waals surface area (Å²) in [5, 5.41) is 0. The minimum absolute atomic E-state index is 0.367. The average Bonchev–Trinajstić information content (AvgIpc) is 3.53. The number of rotatable bonds is 6. The smallest absolute Gasteiger partial charge is 0.218 e. The van der Waals surface area contributed by atoms with E-state index in [-0.39, 0.29) is 16.6 Å². The first-order valence-corrected chi connectivity index (χ1v) is 17.3. The average molecular weight is 687 g/mol. The summed E-state index contributed by atoms with van der Waals surface area (Å²) in [6.07, 6.45) is 5.28. The second-order valence-corrected chi connectivity index (χ2v) is 16.5. The third-order valence-electron chi connectivity index (χ3n) is 11.1. The van der Waals surface area contributed by atoms with E-state index >= 15 is 0 Å². The molecule has 3 aliphatic heterocycles. The van der Waals surface area contributed by atoms with Gasteiger partial charge in [-0.05, 0) is 126 Å². The van der Waals surface area contributed by atoms with E-state index in [4.69, 9.17) is 54.1 Å². The molecule has 0 unspecified atom stereocenters. The van der Waals surface area contributed by atoms with Gasteiger partial charge in [0.2, 0.25) is 17.7 Å². The number of pyridine rings is 3. The van der Waals surface area contributed by atoms with Gasteiger partial charge in [-0.3, -0.25) is 15.0 Å². The third-order valence-corrected chi connectivity index (χ3v) is 11.1. The largest absolute Gasteiger partial charge is 0.469 e. The van der Waals surface area contributed by atoms with Crippen molar-refractivity contribution in [3.8, 4) is 34.3 Å². The third kappa shape index (κ3) is 5.96. The minimum Gasteiger partial charge on any atom is -0.469 e. The molecule has 3 aliphatic rings. The van der Waals surface area contributed by atoms with E-state index in [1.54, 1.807) is 18.6 Å². The molecular formula is C40H46N8O3. The van der Waals surface area contributed by atoms with E-state index in [0.717, 1.165) is 16.7 Å². The number of ether oxygens (including phenoxy) is 3. The van der Waals surface area contributed by atoms with Crippen molar-refractivity contribution in [2.45, 2.75) is 117 Å². The highest BCUT2D eigenvalue weighted by Gasteiger charge is 2.47. The monoisotopic (exact) mass is 686 g/mol. The first-order chi connectivity index (χ1) is 23.7. The number of aliphatic imine (C=N–C) groups is 3. The maximum absolute atomic E-state index is 6.22. The number of hydrogen-bond acceptors (Lipinski definition) is 11. The molecule has 4 aromatic heterocycles. The van der Waals surface area contributed by atoms with Crippen molar-refractivity contribution in [2.75, 3.05) is 0 Å². The fourth-order valence-electron chi connectivity index (χ4n) is 5.52. The van der Waals surface area contributed by atoms with Gasteiger partial charge in [-0.2, -0.15) is 0 Å². The van der Waals surface area contributed by atoms with Gasteiger partial charge in [0.1, 0.15) is 22.5 Å². The van der Waals surface area contributed by atoms with Gasteiger partial charge in [-0.1, -0.05) is 0 Å². The van der Waals surface area contributed by atoms with E-state index < -0.39 is 16.8 Å². The number of hydrogen-bond donors (Lipinski definition) is 0. The van der Waals surface area contributed by atoms with E-state index in [2.05, 4.69) is 41.5 Å². The Morgan fingerprint density at radius 1 is 0.392 bits per heavy atom. The van der Waals surface area contributed by atoms with Crippen LogP contribution in [0.25, 0.3) is 34.3 Å². The molecule has 11 nitrogen and oxygen atoms in total. The Morgan fingerprint density at radius 3 is 0.961 bits per heavy atom. The van der Waals surface area contributed by atoms with Gasteiger partial charge in [-0.15, -0.1) is 0 Å². The summed E-state index contributed by atoms with van der Waals surface area (Å²) >= 11 is 0. The molecule has 7 heterocycles. The lowest BCUT2D eigenvalue weighted by molar-refractivity contribution is 0.0618. The molecule has 0 atom stereocenters. The Morgan fingerprint density at radius 2 is 0.706 bits per heavy atom. The predicted molar refractivity (Wildman–Crippen MR) is 199 cm³/mol. The fourth-order valence-corrected chi connectivity index (χ4v) is 5.52. The standard InChI is InChI=1S/C40H46N8O3/c1-35(2)38(7,8)49-32(46-35)23-13-16-26(41-20-23)29-19-30(27-17-14-24(21-42-27)33-47-36(3,4)39(9,10)50-33)45-31(44-29)28-18-15-25(22-43-28)34-48-37(5,6)40(11,12)51-34/h13-22H,1-12H3. The number of aromatic nitrogens is 5. The van der Waals surface area contributed by atoms with Crippen molar-refractivity contribution in [3.63, 3.8) is 0 Å². The first-order valence-electron chi connectivity index (χ1n) is 17.3. The zero-order chi connectivity index (χ0) is 36.8. The Bertz CT molecular complexity index is 1850. The summed E-state index contributed by atoms with van der Waals surface area (Å²) in [4.78, 5) is 38.7. The van der Waals surface area contributed by atoms with E-state index in [9.17, 15) is 0 Å². The van der Waals surface area contributed by atoms with Crippen LogP contribution in [0, 0.1) is 0 Å². The molecule has 0 saturated heterocycles. The maximum atomic E-state index is 6.22. The lowest BCUT2D eigenvalue weighted by atomic mass is 9.87. The molecule has 0 amide bonds. The van der Waals surface area contributed by atoms with Gasteiger partial charge < -0.3 is 14.2 Å². The summed E-state index contributed by atoms with van der Waals surface area (Å²) in [6, 6.07) is 13.5. The Kier molecular flexibility index (Phi) is 7.57. The lowest BCUT2D eigenvalue weighted by Crippen LogP contribution is -2.41. The van der Waals surface area contributed by atoms with Gasteiger partial charge in [0.15, 0.2) is 5.82 Å². The van der Waals surface area contributed by atoms with Crippen LogP contribution in [0.1, 0.15) is 99.8 Å². The maximum Gasteiger partial charge on any atom is 0.218 e. The van der Waals surface area contributed by atoms with Crippen LogP contribution in [0.3, 0.4) is 0 Å². The summed E-state index contributed by atoms with van der Waals surface area (Å²) in [6.45, 7) is 24.7. The SMILES string of the molecule is CC1(C)N=C(c2ccc(-c3cc(-c4ccc(C5=NC(C)(C)C(C)(C)O5)cn4)nc(-c4ccc(C5=NC(C)(C)C(C)(C)O5)cn4)n3)nc2)OC1(C)C. The van der Waals surface area contributed by atoms with E-state index in [1.165, 1.54) is 0 Å². The van der Waals surface area contributed by atoms with Crippen LogP contribution in [0.4, 0.5) is 0 Å². The van der Waals surface area contributed by atoms with Crippen LogP contribution in [0.15, 0.2) is 76.0 Å². The predicted octanol–water partition coefficient (Wildman–Crippen LogP) is 7.66. The second kappa shape index (κ2) is 11.2. The topological polar surface area (TPSA) is 129 Å². The van der Waals surface area contributed by atoms with Gasteiger partial charge in [0.25, 0.3) is 0 Å². The van der Waals surface area contributed by atoms with Gasteiger partial charge in [0, 0.05) is 18.6 Å². The van der Waals surface area contributed by atoms with Crippen LogP contribution < -0.4 is 0 Å². The molecule has 0 radical (unpaired) electrons. The van der Waals surface area contributed by atoms with E-state index in [0.29, 0.717) is 52.0 Å². The molecular weight excluding hydrogens is 640 g/mol. The quantitative estimate of drug-likeness (QED) is 0.202. The zero-order valence-electron chi connectivity index (χ0n) is 31.6. The van der Waals surface area contributed by atoms with Crippen molar-refractivity contribution < 1.29 is 14.2 Å². The highest BCUT2D eigenvalue weighted by molar-refractivity contribution is 5.97. The highest BCUT2D eigenvalue weighted by atomic mass is 16.5. The molecule has 0 aromatic carbocycles. The molecule has 7 rings (SSSR count). The highest BCUT2D eigenvalue weighted by Crippen LogP contribution is 2.39. The van der Waals surface area contributed by atoms with Crippen LogP contribution in [-0.2, 0) is 14.2 Å². The van der Waals surface area contributed by atoms with Gasteiger partial charge >= 0.3 is 0 Å². The number of nitrogens with zero attached hydrogens (tertiary/aromatic N) is 8. The molecule has 0 N–H and O–H groups in total. The van der Waals surface area contributed by atoms with Crippen LogP contribution >= 0.6 is 0 Å². The Labute approximate surface area is 299 Å².